The topological polar surface area (TPSA) is 72.3 Å². The van der Waals surface area contributed by atoms with Gasteiger partial charge in [-0.15, -0.1) is 11.3 Å². The molecule has 1 N–H and O–H groups in total. The van der Waals surface area contributed by atoms with E-state index in [0.29, 0.717) is 16.3 Å². The van der Waals surface area contributed by atoms with Crippen LogP contribution in [0.4, 0.5) is 0 Å². The Kier molecular flexibility index (Phi) is 4.90. The van der Waals surface area contributed by atoms with Gasteiger partial charge in [0, 0.05) is 18.0 Å². The molecule has 126 valence electrons. The van der Waals surface area contributed by atoms with E-state index in [4.69, 9.17) is 4.74 Å². The molecule has 5 nitrogen and oxygen atoms in total. The standard InChI is InChI=1S/C19H16N2O3S/c1-12-18(25-19(21-12)14-7-9-20-10-8-14)16(23)6-4-13-3-5-15(22)17(11-13)24-2/h3-11,22H,1-2H3/b6-4+. The number of ketones is 1. The quantitative estimate of drug-likeness (QED) is 0.552. The van der Waals surface area contributed by atoms with Gasteiger partial charge in [-0.25, -0.2) is 4.98 Å². The van der Waals surface area contributed by atoms with Crippen LogP contribution in [0, 0.1) is 6.92 Å². The number of methoxy groups -OCH3 is 1. The second-order valence-corrected chi connectivity index (χ2v) is 6.30. The normalized spacial score (nSPS) is 11.0. The summed E-state index contributed by atoms with van der Waals surface area (Å²) in [5, 5.41) is 10.4. The highest BCUT2D eigenvalue weighted by Gasteiger charge is 2.14. The number of pyridine rings is 1. The van der Waals surface area contributed by atoms with E-state index in [9.17, 15) is 9.90 Å². The maximum absolute atomic E-state index is 12.5. The predicted octanol–water partition coefficient (Wildman–Crippen LogP) is 4.12. The Labute approximate surface area is 149 Å². The SMILES string of the molecule is COc1cc(/C=C/C(=O)c2sc(-c3ccncc3)nc2C)ccc1O. The van der Waals surface area contributed by atoms with Gasteiger partial charge in [-0.05, 0) is 42.8 Å². The summed E-state index contributed by atoms with van der Waals surface area (Å²) in [5.74, 6) is 0.317. The van der Waals surface area contributed by atoms with Gasteiger partial charge >= 0.3 is 0 Å². The molecule has 1 aromatic carbocycles. The zero-order valence-corrected chi connectivity index (χ0v) is 14.6. The van der Waals surface area contributed by atoms with Crippen molar-refractivity contribution in [3.63, 3.8) is 0 Å². The highest BCUT2D eigenvalue weighted by atomic mass is 32.1. The molecule has 0 bridgehead atoms. The number of carbonyl (C=O) groups is 1. The lowest BCUT2D eigenvalue weighted by Gasteiger charge is -2.03. The number of thiazole rings is 1. The average Bonchev–Trinajstić information content (AvgIpc) is 3.03. The molecule has 0 spiro atoms. The Morgan fingerprint density at radius 2 is 2.00 bits per heavy atom. The number of aromatic hydroxyl groups is 1. The molecule has 2 aromatic heterocycles. The zero-order valence-electron chi connectivity index (χ0n) is 13.8. The van der Waals surface area contributed by atoms with Crippen molar-refractivity contribution in [3.8, 4) is 22.1 Å². The molecule has 0 unspecified atom stereocenters. The summed E-state index contributed by atoms with van der Waals surface area (Å²) < 4.78 is 5.07. The van der Waals surface area contributed by atoms with E-state index in [1.165, 1.54) is 30.6 Å². The van der Waals surface area contributed by atoms with Gasteiger partial charge in [0.05, 0.1) is 17.7 Å². The van der Waals surface area contributed by atoms with Crippen molar-refractivity contribution < 1.29 is 14.6 Å². The van der Waals surface area contributed by atoms with E-state index < -0.39 is 0 Å². The maximum atomic E-state index is 12.5. The molecular weight excluding hydrogens is 336 g/mol. The number of carbonyl (C=O) groups excluding carboxylic acids is 1. The first-order valence-corrected chi connectivity index (χ1v) is 8.37. The molecule has 0 saturated carbocycles. The van der Waals surface area contributed by atoms with E-state index in [1.807, 2.05) is 19.1 Å². The first-order chi connectivity index (χ1) is 12.1. The van der Waals surface area contributed by atoms with E-state index in [1.54, 1.807) is 30.6 Å². The van der Waals surface area contributed by atoms with Gasteiger partial charge in [-0.2, -0.15) is 0 Å². The van der Waals surface area contributed by atoms with Crippen molar-refractivity contribution in [2.75, 3.05) is 7.11 Å². The molecule has 0 aliphatic carbocycles. The molecule has 0 radical (unpaired) electrons. The highest BCUT2D eigenvalue weighted by Crippen LogP contribution is 2.29. The Hall–Kier alpha value is -2.99. The molecule has 25 heavy (non-hydrogen) atoms. The van der Waals surface area contributed by atoms with Crippen LogP contribution in [0.15, 0.2) is 48.8 Å². The second kappa shape index (κ2) is 7.27. The van der Waals surface area contributed by atoms with Crippen molar-refractivity contribution in [3.05, 3.63) is 64.9 Å². The molecule has 6 heteroatoms. The number of phenolic OH excluding ortho intramolecular Hbond substituents is 1. The fourth-order valence-electron chi connectivity index (χ4n) is 2.29. The van der Waals surface area contributed by atoms with Crippen LogP contribution in [-0.2, 0) is 0 Å². The van der Waals surface area contributed by atoms with Crippen LogP contribution in [0.2, 0.25) is 0 Å². The summed E-state index contributed by atoms with van der Waals surface area (Å²) in [6.45, 7) is 1.83. The van der Waals surface area contributed by atoms with Crippen LogP contribution in [0.3, 0.4) is 0 Å². The van der Waals surface area contributed by atoms with Crippen LogP contribution >= 0.6 is 11.3 Å². The minimum Gasteiger partial charge on any atom is -0.504 e. The minimum atomic E-state index is -0.109. The number of aryl methyl sites for hydroxylation is 1. The zero-order chi connectivity index (χ0) is 17.8. The number of ether oxygens (including phenoxy) is 1. The van der Waals surface area contributed by atoms with Crippen LogP contribution < -0.4 is 4.74 Å². The van der Waals surface area contributed by atoms with Crippen LogP contribution in [0.1, 0.15) is 20.9 Å². The number of aromatic nitrogens is 2. The van der Waals surface area contributed by atoms with Gasteiger partial charge in [0.25, 0.3) is 0 Å². The van der Waals surface area contributed by atoms with E-state index in [-0.39, 0.29) is 11.5 Å². The third kappa shape index (κ3) is 3.75. The second-order valence-electron chi connectivity index (χ2n) is 5.30. The van der Waals surface area contributed by atoms with Crippen molar-refractivity contribution >= 4 is 23.2 Å². The van der Waals surface area contributed by atoms with Crippen molar-refractivity contribution in [1.82, 2.24) is 9.97 Å². The maximum Gasteiger partial charge on any atom is 0.197 e. The number of benzene rings is 1. The number of hydrogen-bond acceptors (Lipinski definition) is 6. The number of allylic oxidation sites excluding steroid dienone is 1. The fourth-order valence-corrected chi connectivity index (χ4v) is 3.28. The number of hydrogen-bond donors (Lipinski definition) is 1. The summed E-state index contributed by atoms with van der Waals surface area (Å²) in [7, 11) is 1.48. The lowest BCUT2D eigenvalue weighted by Crippen LogP contribution is -1.93. The summed E-state index contributed by atoms with van der Waals surface area (Å²) in [4.78, 5) is 21.6. The molecule has 0 amide bonds. The van der Waals surface area contributed by atoms with Crippen LogP contribution in [0.5, 0.6) is 11.5 Å². The van der Waals surface area contributed by atoms with Crippen molar-refractivity contribution in [2.24, 2.45) is 0 Å². The van der Waals surface area contributed by atoms with Gasteiger partial charge in [0.2, 0.25) is 0 Å². The Balaban J connectivity index is 1.83. The summed E-state index contributed by atoms with van der Waals surface area (Å²) >= 11 is 1.36. The first-order valence-electron chi connectivity index (χ1n) is 7.55. The smallest absolute Gasteiger partial charge is 0.197 e. The molecule has 2 heterocycles. The molecular formula is C19H16N2O3S. The van der Waals surface area contributed by atoms with Gasteiger partial charge < -0.3 is 9.84 Å². The van der Waals surface area contributed by atoms with E-state index in [2.05, 4.69) is 9.97 Å². The summed E-state index contributed by atoms with van der Waals surface area (Å²) in [6, 6.07) is 8.64. The summed E-state index contributed by atoms with van der Waals surface area (Å²) in [6.07, 6.45) is 6.59. The van der Waals surface area contributed by atoms with Crippen molar-refractivity contribution in [2.45, 2.75) is 6.92 Å². The van der Waals surface area contributed by atoms with Crippen LogP contribution in [-0.4, -0.2) is 28.0 Å². The minimum absolute atomic E-state index is 0.0614. The first kappa shape index (κ1) is 16.9. The van der Waals surface area contributed by atoms with E-state index >= 15 is 0 Å². The lowest BCUT2D eigenvalue weighted by atomic mass is 10.1. The fraction of sp³-hybridized carbons (Fsp3) is 0.105. The number of phenols is 1. The van der Waals surface area contributed by atoms with Gasteiger partial charge in [-0.3, -0.25) is 9.78 Å². The van der Waals surface area contributed by atoms with Crippen LogP contribution in [0.25, 0.3) is 16.6 Å². The largest absolute Gasteiger partial charge is 0.504 e. The van der Waals surface area contributed by atoms with Gasteiger partial charge in [0.15, 0.2) is 17.3 Å². The molecule has 0 aliphatic rings. The molecule has 0 atom stereocenters. The van der Waals surface area contributed by atoms with Gasteiger partial charge in [0.1, 0.15) is 5.01 Å². The number of rotatable bonds is 5. The molecule has 3 aromatic rings. The average molecular weight is 352 g/mol. The molecule has 0 aliphatic heterocycles. The number of nitrogens with zero attached hydrogens (tertiary/aromatic N) is 2. The third-order valence-corrected chi connectivity index (χ3v) is 4.80. The molecule has 0 saturated heterocycles. The predicted molar refractivity (Wildman–Crippen MR) is 98.1 cm³/mol. The Morgan fingerprint density at radius 1 is 1.24 bits per heavy atom. The molecule has 3 rings (SSSR count). The van der Waals surface area contributed by atoms with E-state index in [0.717, 1.165) is 16.1 Å². The van der Waals surface area contributed by atoms with Gasteiger partial charge in [-0.1, -0.05) is 12.1 Å². The highest BCUT2D eigenvalue weighted by molar-refractivity contribution is 7.17. The molecule has 0 fully saturated rings. The lowest BCUT2D eigenvalue weighted by molar-refractivity contribution is 0.105. The Morgan fingerprint density at radius 3 is 2.72 bits per heavy atom. The monoisotopic (exact) mass is 352 g/mol. The summed E-state index contributed by atoms with van der Waals surface area (Å²) in [5.41, 5.74) is 2.41. The van der Waals surface area contributed by atoms with Crippen molar-refractivity contribution in [1.29, 1.82) is 0 Å². The Bertz CT molecular complexity index is 933. The third-order valence-electron chi connectivity index (χ3n) is 3.58.